The van der Waals surface area contributed by atoms with Gasteiger partial charge >= 0.3 is 6.03 Å². The number of hydrogen-bond acceptors (Lipinski definition) is 3. The van der Waals surface area contributed by atoms with Gasteiger partial charge in [0.2, 0.25) is 5.91 Å². The Morgan fingerprint density at radius 3 is 2.31 bits per heavy atom. The second-order valence-electron chi connectivity index (χ2n) is 7.96. The number of amides is 4. The molecule has 0 saturated carbocycles. The lowest BCUT2D eigenvalue weighted by Crippen LogP contribution is -2.45. The summed E-state index contributed by atoms with van der Waals surface area (Å²) in [7, 11) is 0. The lowest BCUT2D eigenvalue weighted by atomic mass is 9.93. The van der Waals surface area contributed by atoms with Gasteiger partial charge in [0.15, 0.2) is 0 Å². The van der Waals surface area contributed by atoms with Gasteiger partial charge in [-0.3, -0.25) is 14.5 Å². The Morgan fingerprint density at radius 1 is 1.07 bits per heavy atom. The van der Waals surface area contributed by atoms with Gasteiger partial charge in [-0.05, 0) is 57.2 Å². The second kappa shape index (κ2) is 8.07. The third-order valence-corrected chi connectivity index (χ3v) is 5.34. The van der Waals surface area contributed by atoms with E-state index in [4.69, 9.17) is 0 Å². The molecule has 1 fully saturated rings. The third kappa shape index (κ3) is 4.47. The van der Waals surface area contributed by atoms with Crippen molar-refractivity contribution in [2.75, 3.05) is 11.9 Å². The van der Waals surface area contributed by atoms with Crippen LogP contribution in [-0.4, -0.2) is 34.8 Å². The maximum atomic E-state index is 12.9. The van der Waals surface area contributed by atoms with E-state index in [1.54, 1.807) is 6.92 Å². The number of hydrogen-bond donors (Lipinski definition) is 2. The number of anilines is 1. The van der Waals surface area contributed by atoms with E-state index in [-0.39, 0.29) is 12.5 Å². The Bertz CT molecular complexity index is 932. The first-order valence-corrected chi connectivity index (χ1v) is 9.75. The fourth-order valence-corrected chi connectivity index (χ4v) is 3.80. The predicted molar refractivity (Wildman–Crippen MR) is 113 cm³/mol. The molecule has 6 heteroatoms. The molecule has 1 atom stereocenters. The van der Waals surface area contributed by atoms with E-state index in [0.717, 1.165) is 32.8 Å². The van der Waals surface area contributed by atoms with Crippen molar-refractivity contribution in [2.24, 2.45) is 0 Å². The van der Waals surface area contributed by atoms with Crippen molar-refractivity contribution in [1.82, 2.24) is 10.2 Å². The van der Waals surface area contributed by atoms with Crippen LogP contribution in [0.15, 0.2) is 42.5 Å². The molecule has 0 aromatic heterocycles. The minimum Gasteiger partial charge on any atom is -0.324 e. The average molecular weight is 393 g/mol. The zero-order chi connectivity index (χ0) is 21.2. The average Bonchev–Trinajstić information content (AvgIpc) is 2.87. The molecular weight excluding hydrogens is 366 g/mol. The van der Waals surface area contributed by atoms with Crippen molar-refractivity contribution in [3.63, 3.8) is 0 Å². The molecule has 1 saturated heterocycles. The van der Waals surface area contributed by atoms with Crippen LogP contribution in [0.5, 0.6) is 0 Å². The van der Waals surface area contributed by atoms with Crippen molar-refractivity contribution >= 4 is 23.5 Å². The molecule has 3 rings (SSSR count). The molecule has 29 heavy (non-hydrogen) atoms. The number of carbonyl (C=O) groups is 3. The maximum absolute atomic E-state index is 12.9. The first-order chi connectivity index (χ1) is 13.7. The molecular formula is C23H27N3O3. The van der Waals surface area contributed by atoms with Crippen molar-refractivity contribution in [3.8, 4) is 0 Å². The Kier molecular flexibility index (Phi) is 5.73. The molecule has 1 heterocycles. The Balaban J connectivity index is 1.66. The quantitative estimate of drug-likeness (QED) is 0.738. The first kappa shape index (κ1) is 20.6. The van der Waals surface area contributed by atoms with Crippen molar-refractivity contribution in [2.45, 2.75) is 46.1 Å². The number of urea groups is 1. The Hall–Kier alpha value is -3.15. The summed E-state index contributed by atoms with van der Waals surface area (Å²) in [6.45, 7) is 7.24. The maximum Gasteiger partial charge on any atom is 0.325 e. The normalized spacial score (nSPS) is 18.7. The third-order valence-electron chi connectivity index (χ3n) is 5.34. The molecule has 4 amide bonds. The molecule has 2 N–H and O–H groups in total. The van der Waals surface area contributed by atoms with Crippen LogP contribution >= 0.6 is 0 Å². The molecule has 1 aliphatic rings. The Morgan fingerprint density at radius 2 is 1.69 bits per heavy atom. The van der Waals surface area contributed by atoms with E-state index >= 15 is 0 Å². The highest BCUT2D eigenvalue weighted by atomic mass is 16.2. The van der Waals surface area contributed by atoms with Gasteiger partial charge in [-0.25, -0.2) is 4.79 Å². The minimum absolute atomic E-state index is 0.307. The molecule has 0 radical (unpaired) electrons. The summed E-state index contributed by atoms with van der Waals surface area (Å²) in [5, 5.41) is 5.60. The zero-order valence-electron chi connectivity index (χ0n) is 17.3. The SMILES string of the molecule is Cc1cc(C)c(NC(=O)CN2C(=O)NC(C)(CCc3ccccc3)C2=O)c(C)c1. The van der Waals surface area contributed by atoms with E-state index in [1.165, 1.54) is 0 Å². The fraction of sp³-hybridized carbons (Fsp3) is 0.348. The standard InChI is InChI=1S/C23H27N3O3/c1-15-12-16(2)20(17(3)13-15)24-19(27)14-26-21(28)23(4,25-22(26)29)11-10-18-8-6-5-7-9-18/h5-9,12-13H,10-11,14H2,1-4H3,(H,24,27)(H,25,29). The monoisotopic (exact) mass is 393 g/mol. The van der Waals surface area contributed by atoms with Gasteiger partial charge in [-0.15, -0.1) is 0 Å². The highest BCUT2D eigenvalue weighted by Gasteiger charge is 2.47. The highest BCUT2D eigenvalue weighted by Crippen LogP contribution is 2.25. The van der Waals surface area contributed by atoms with Gasteiger partial charge in [0.25, 0.3) is 5.91 Å². The van der Waals surface area contributed by atoms with Crippen LogP contribution in [0.3, 0.4) is 0 Å². The highest BCUT2D eigenvalue weighted by molar-refractivity contribution is 6.10. The topological polar surface area (TPSA) is 78.5 Å². The predicted octanol–water partition coefficient (Wildman–Crippen LogP) is 3.49. The van der Waals surface area contributed by atoms with Crippen LogP contribution in [0.2, 0.25) is 0 Å². The van der Waals surface area contributed by atoms with E-state index in [9.17, 15) is 14.4 Å². The van der Waals surface area contributed by atoms with Crippen LogP contribution in [0.4, 0.5) is 10.5 Å². The lowest BCUT2D eigenvalue weighted by molar-refractivity contribution is -0.133. The molecule has 2 aromatic rings. The fourth-order valence-electron chi connectivity index (χ4n) is 3.80. The molecule has 1 unspecified atom stereocenters. The van der Waals surface area contributed by atoms with Gasteiger partial charge in [-0.1, -0.05) is 48.0 Å². The molecule has 1 aliphatic heterocycles. The molecule has 2 aromatic carbocycles. The largest absolute Gasteiger partial charge is 0.325 e. The number of carbonyl (C=O) groups excluding carboxylic acids is 3. The van der Waals surface area contributed by atoms with Crippen LogP contribution in [0, 0.1) is 20.8 Å². The molecule has 0 aliphatic carbocycles. The smallest absolute Gasteiger partial charge is 0.324 e. The van der Waals surface area contributed by atoms with Crippen LogP contribution in [0.25, 0.3) is 0 Å². The number of rotatable bonds is 6. The van der Waals surface area contributed by atoms with E-state index < -0.39 is 17.5 Å². The summed E-state index contributed by atoms with van der Waals surface area (Å²) in [5.41, 5.74) is 3.81. The van der Waals surface area contributed by atoms with Gasteiger partial charge < -0.3 is 10.6 Å². The van der Waals surface area contributed by atoms with Crippen LogP contribution in [0.1, 0.15) is 35.6 Å². The van der Waals surface area contributed by atoms with E-state index in [1.807, 2.05) is 63.2 Å². The second-order valence-corrected chi connectivity index (χ2v) is 7.96. The number of imide groups is 1. The summed E-state index contributed by atoms with van der Waals surface area (Å²) in [5.74, 6) is -0.762. The summed E-state index contributed by atoms with van der Waals surface area (Å²) in [4.78, 5) is 38.8. The summed E-state index contributed by atoms with van der Waals surface area (Å²) < 4.78 is 0. The van der Waals surface area contributed by atoms with E-state index in [2.05, 4.69) is 10.6 Å². The summed E-state index contributed by atoms with van der Waals surface area (Å²) >= 11 is 0. The number of nitrogens with zero attached hydrogens (tertiary/aromatic N) is 1. The molecule has 0 spiro atoms. The van der Waals surface area contributed by atoms with Gasteiger partial charge in [0, 0.05) is 5.69 Å². The van der Waals surface area contributed by atoms with Crippen LogP contribution < -0.4 is 10.6 Å². The zero-order valence-corrected chi connectivity index (χ0v) is 17.3. The summed E-state index contributed by atoms with van der Waals surface area (Å²) in [6, 6.07) is 13.2. The van der Waals surface area contributed by atoms with Gasteiger partial charge in [0.1, 0.15) is 12.1 Å². The van der Waals surface area contributed by atoms with Gasteiger partial charge in [0.05, 0.1) is 0 Å². The summed E-state index contributed by atoms with van der Waals surface area (Å²) in [6.07, 6.45) is 1.13. The van der Waals surface area contributed by atoms with Crippen LogP contribution in [-0.2, 0) is 16.0 Å². The van der Waals surface area contributed by atoms with E-state index in [0.29, 0.717) is 12.8 Å². The van der Waals surface area contributed by atoms with Crippen molar-refractivity contribution in [1.29, 1.82) is 0 Å². The molecule has 0 bridgehead atoms. The number of nitrogens with one attached hydrogen (secondary N) is 2. The Labute approximate surface area is 171 Å². The minimum atomic E-state index is -1.01. The van der Waals surface area contributed by atoms with Gasteiger partial charge in [-0.2, -0.15) is 0 Å². The molecule has 152 valence electrons. The van der Waals surface area contributed by atoms with Crippen molar-refractivity contribution in [3.05, 3.63) is 64.7 Å². The molecule has 6 nitrogen and oxygen atoms in total. The number of aryl methyl sites for hydroxylation is 4. The number of benzene rings is 2. The lowest BCUT2D eigenvalue weighted by Gasteiger charge is -2.21. The van der Waals surface area contributed by atoms with Crippen molar-refractivity contribution < 1.29 is 14.4 Å². The first-order valence-electron chi connectivity index (χ1n) is 9.75.